The first-order valence-corrected chi connectivity index (χ1v) is 9.56. The minimum Gasteiger partial charge on any atom is -0.412 e. The molecular formula is C24H21N5O. The number of nitrogens with zero attached hydrogens (tertiary/aromatic N) is 5. The fraction of sp³-hybridized carbons (Fsp3) is 0.125. The summed E-state index contributed by atoms with van der Waals surface area (Å²) in [5.74, 6) is 1.88. The van der Waals surface area contributed by atoms with Gasteiger partial charge in [0.1, 0.15) is 17.7 Å². The zero-order chi connectivity index (χ0) is 20.0. The van der Waals surface area contributed by atoms with E-state index in [1.54, 1.807) is 6.20 Å². The van der Waals surface area contributed by atoms with Crippen LogP contribution in [0.15, 0.2) is 67.0 Å². The Balaban J connectivity index is 0.00000218. The van der Waals surface area contributed by atoms with E-state index in [1.165, 1.54) is 5.56 Å². The first-order chi connectivity index (χ1) is 14.2. The lowest BCUT2D eigenvalue weighted by molar-refractivity contribution is 0.824. The quantitative estimate of drug-likeness (QED) is 0.463. The summed E-state index contributed by atoms with van der Waals surface area (Å²) in [5, 5.41) is 9.99. The van der Waals surface area contributed by atoms with Gasteiger partial charge >= 0.3 is 0 Å². The van der Waals surface area contributed by atoms with Crippen molar-refractivity contribution < 1.29 is 5.48 Å². The predicted octanol–water partition coefficient (Wildman–Crippen LogP) is 3.93. The smallest absolute Gasteiger partial charge is 0.157 e. The summed E-state index contributed by atoms with van der Waals surface area (Å²) >= 11 is 0. The van der Waals surface area contributed by atoms with Crippen LogP contribution in [0.2, 0.25) is 0 Å². The van der Waals surface area contributed by atoms with Crippen LogP contribution < -0.4 is 0 Å². The molecule has 5 aromatic rings. The Morgan fingerprint density at radius 3 is 2.43 bits per heavy atom. The van der Waals surface area contributed by atoms with Gasteiger partial charge in [-0.15, -0.1) is 0 Å². The molecule has 0 unspecified atom stereocenters. The van der Waals surface area contributed by atoms with Crippen molar-refractivity contribution in [2.45, 2.75) is 20.3 Å². The van der Waals surface area contributed by atoms with Gasteiger partial charge in [-0.25, -0.2) is 9.97 Å². The fourth-order valence-electron chi connectivity index (χ4n) is 4.03. The van der Waals surface area contributed by atoms with Crippen molar-refractivity contribution in [2.75, 3.05) is 0 Å². The summed E-state index contributed by atoms with van der Waals surface area (Å²) in [7, 11) is 0. The van der Waals surface area contributed by atoms with Crippen molar-refractivity contribution in [3.63, 3.8) is 0 Å². The molecule has 0 bridgehead atoms. The molecule has 6 nitrogen and oxygen atoms in total. The van der Waals surface area contributed by atoms with E-state index in [0.717, 1.165) is 40.2 Å². The van der Waals surface area contributed by atoms with E-state index >= 15 is 0 Å². The number of rotatable bonds is 3. The zero-order valence-electron chi connectivity index (χ0n) is 16.8. The molecule has 3 aromatic heterocycles. The molecule has 3 heterocycles. The first-order valence-electron chi connectivity index (χ1n) is 9.56. The molecule has 0 amide bonds. The molecule has 0 aliphatic rings. The van der Waals surface area contributed by atoms with E-state index in [2.05, 4.69) is 32.2 Å². The molecule has 0 fully saturated rings. The van der Waals surface area contributed by atoms with E-state index in [1.807, 2.05) is 62.5 Å². The van der Waals surface area contributed by atoms with Crippen molar-refractivity contribution in [3.8, 4) is 11.9 Å². The number of aryl methyl sites for hydroxylation is 1. The third-order valence-corrected chi connectivity index (χ3v) is 5.48. The average molecular weight is 395 g/mol. The molecule has 2 aromatic carbocycles. The maximum Gasteiger partial charge on any atom is 0.157 e. The number of imidazole rings is 2. The van der Waals surface area contributed by atoms with Crippen LogP contribution in [0.4, 0.5) is 0 Å². The Labute approximate surface area is 174 Å². The van der Waals surface area contributed by atoms with E-state index in [9.17, 15) is 5.26 Å². The molecule has 30 heavy (non-hydrogen) atoms. The Hall–Kier alpha value is -3.95. The van der Waals surface area contributed by atoms with Crippen LogP contribution in [-0.2, 0) is 6.42 Å². The lowest BCUT2D eigenvalue weighted by Gasteiger charge is -2.19. The third kappa shape index (κ3) is 2.84. The van der Waals surface area contributed by atoms with E-state index in [0.29, 0.717) is 11.2 Å². The first kappa shape index (κ1) is 19.4. The largest absolute Gasteiger partial charge is 0.412 e. The lowest BCUT2D eigenvalue weighted by atomic mass is 9.97. The topological polar surface area (TPSA) is 90.4 Å². The normalized spacial score (nSPS) is 10.8. The van der Waals surface area contributed by atoms with E-state index < -0.39 is 0 Å². The number of pyridine rings is 1. The number of para-hydroxylation sites is 2. The monoisotopic (exact) mass is 395 g/mol. The second kappa shape index (κ2) is 7.47. The van der Waals surface area contributed by atoms with Crippen LogP contribution in [0, 0.1) is 25.2 Å². The van der Waals surface area contributed by atoms with Crippen LogP contribution in [0.3, 0.4) is 0 Å². The molecular weight excluding hydrogens is 374 g/mol. The number of hydrogen-bond donors (Lipinski definition) is 0. The SMILES string of the molecule is Cc1c(Cc2ccccc2)c(-n2ccnc2C)n2c(nc3ccccc32)c1C#N.O. The number of hydrogen-bond acceptors (Lipinski definition) is 3. The Kier molecular flexibility index (Phi) is 4.82. The van der Waals surface area contributed by atoms with Gasteiger partial charge in [0.05, 0.1) is 16.6 Å². The molecule has 0 spiro atoms. The highest BCUT2D eigenvalue weighted by Crippen LogP contribution is 2.32. The molecule has 6 heteroatoms. The van der Waals surface area contributed by atoms with Crippen molar-refractivity contribution >= 4 is 16.7 Å². The van der Waals surface area contributed by atoms with Crippen molar-refractivity contribution in [3.05, 3.63) is 95.1 Å². The van der Waals surface area contributed by atoms with Crippen molar-refractivity contribution in [1.29, 1.82) is 5.26 Å². The molecule has 2 N–H and O–H groups in total. The molecule has 0 radical (unpaired) electrons. The molecule has 148 valence electrons. The van der Waals surface area contributed by atoms with E-state index in [4.69, 9.17) is 4.98 Å². The minimum atomic E-state index is 0. The Bertz CT molecular complexity index is 1410. The molecule has 0 aliphatic heterocycles. The summed E-state index contributed by atoms with van der Waals surface area (Å²) in [6, 6.07) is 20.8. The number of fused-ring (bicyclic) bond motifs is 3. The van der Waals surface area contributed by atoms with Gasteiger partial charge in [-0.2, -0.15) is 5.26 Å². The number of benzene rings is 2. The Morgan fingerprint density at radius 2 is 1.73 bits per heavy atom. The average Bonchev–Trinajstić information content (AvgIpc) is 3.33. The summed E-state index contributed by atoms with van der Waals surface area (Å²) in [4.78, 5) is 9.25. The Morgan fingerprint density at radius 1 is 1.00 bits per heavy atom. The molecule has 5 rings (SSSR count). The van der Waals surface area contributed by atoms with Crippen LogP contribution >= 0.6 is 0 Å². The summed E-state index contributed by atoms with van der Waals surface area (Å²) in [6.07, 6.45) is 4.50. The van der Waals surface area contributed by atoms with Gasteiger partial charge in [0.15, 0.2) is 5.65 Å². The summed E-state index contributed by atoms with van der Waals surface area (Å²) in [5.41, 5.74) is 6.42. The highest BCUT2D eigenvalue weighted by atomic mass is 16.0. The van der Waals surface area contributed by atoms with Gasteiger partial charge in [-0.1, -0.05) is 42.5 Å². The summed E-state index contributed by atoms with van der Waals surface area (Å²) in [6.45, 7) is 4.01. The lowest BCUT2D eigenvalue weighted by Crippen LogP contribution is -2.12. The minimum absolute atomic E-state index is 0. The van der Waals surface area contributed by atoms with E-state index in [-0.39, 0.29) is 5.48 Å². The number of aromatic nitrogens is 4. The maximum atomic E-state index is 9.99. The van der Waals surface area contributed by atoms with Gasteiger partial charge < -0.3 is 5.48 Å². The molecule has 0 aliphatic carbocycles. The standard InChI is InChI=1S/C24H19N5.H2O/c1-16-19(14-18-8-4-3-5-9-18)24(28-13-12-26-17(28)2)29-22-11-7-6-10-21(22)27-23(29)20(16)15-25;/h3-13H,14H2,1-2H3;1H2. The van der Waals surface area contributed by atoms with Crippen LogP contribution in [0.5, 0.6) is 0 Å². The van der Waals surface area contributed by atoms with Crippen molar-refractivity contribution in [2.24, 2.45) is 0 Å². The van der Waals surface area contributed by atoms with Crippen molar-refractivity contribution in [1.82, 2.24) is 18.9 Å². The van der Waals surface area contributed by atoms with Crippen LogP contribution in [-0.4, -0.2) is 24.4 Å². The second-order valence-electron chi connectivity index (χ2n) is 7.18. The maximum absolute atomic E-state index is 9.99. The number of nitriles is 1. The van der Waals surface area contributed by atoms with Crippen LogP contribution in [0.25, 0.3) is 22.5 Å². The van der Waals surface area contributed by atoms with Gasteiger partial charge in [0.2, 0.25) is 0 Å². The van der Waals surface area contributed by atoms with Crippen LogP contribution in [0.1, 0.15) is 28.1 Å². The van der Waals surface area contributed by atoms with Gasteiger partial charge in [-0.05, 0) is 37.1 Å². The third-order valence-electron chi connectivity index (χ3n) is 5.48. The van der Waals surface area contributed by atoms with Gasteiger partial charge in [-0.3, -0.25) is 8.97 Å². The highest BCUT2D eigenvalue weighted by molar-refractivity contribution is 5.85. The zero-order valence-corrected chi connectivity index (χ0v) is 16.8. The second-order valence-corrected chi connectivity index (χ2v) is 7.18. The molecule has 0 atom stereocenters. The van der Waals surface area contributed by atoms with Gasteiger partial charge in [0, 0.05) is 24.4 Å². The molecule has 0 saturated heterocycles. The molecule has 0 saturated carbocycles. The summed E-state index contributed by atoms with van der Waals surface area (Å²) < 4.78 is 4.20. The highest BCUT2D eigenvalue weighted by Gasteiger charge is 2.22. The van der Waals surface area contributed by atoms with Gasteiger partial charge in [0.25, 0.3) is 0 Å². The predicted molar refractivity (Wildman–Crippen MR) is 117 cm³/mol. The fourth-order valence-corrected chi connectivity index (χ4v) is 4.03.